The van der Waals surface area contributed by atoms with Crippen molar-refractivity contribution in [2.75, 3.05) is 53.2 Å². The average molecular weight is 456 g/mol. The van der Waals surface area contributed by atoms with Gasteiger partial charge in [-0.3, -0.25) is 14.3 Å². The Morgan fingerprint density at radius 1 is 0.939 bits per heavy atom. The first kappa shape index (κ1) is 22.9. The Morgan fingerprint density at radius 3 is 2.30 bits per heavy atom. The van der Waals surface area contributed by atoms with Gasteiger partial charge in [-0.15, -0.1) is 0 Å². The van der Waals surface area contributed by atoms with E-state index in [4.69, 9.17) is 9.47 Å². The van der Waals surface area contributed by atoms with Crippen LogP contribution in [0.4, 0.5) is 8.78 Å². The summed E-state index contributed by atoms with van der Waals surface area (Å²) in [6.45, 7) is 4.28. The lowest BCUT2D eigenvalue weighted by Crippen LogP contribution is -2.45. The zero-order chi connectivity index (χ0) is 23.2. The molecule has 33 heavy (non-hydrogen) atoms. The Labute approximate surface area is 191 Å². The molecule has 0 N–H and O–H groups in total. The quantitative estimate of drug-likeness (QED) is 0.520. The number of aromatic nitrogens is 1. The first-order valence-electron chi connectivity index (χ1n) is 10.9. The van der Waals surface area contributed by atoms with Crippen LogP contribution in [0.15, 0.2) is 65.6 Å². The van der Waals surface area contributed by atoms with Crippen molar-refractivity contribution in [2.24, 2.45) is 0 Å². The molecule has 1 saturated heterocycles. The summed E-state index contributed by atoms with van der Waals surface area (Å²) >= 11 is 0. The lowest BCUT2D eigenvalue weighted by molar-refractivity contribution is 0.134. The zero-order valence-electron chi connectivity index (χ0n) is 18.5. The molecule has 174 valence electrons. The monoisotopic (exact) mass is 455 g/mol. The van der Waals surface area contributed by atoms with E-state index in [1.165, 1.54) is 22.8 Å². The maximum atomic E-state index is 13.5. The van der Waals surface area contributed by atoms with Gasteiger partial charge in [-0.05, 0) is 49.0 Å². The second kappa shape index (κ2) is 10.6. The van der Waals surface area contributed by atoms with Crippen LogP contribution in [-0.4, -0.2) is 67.6 Å². The minimum absolute atomic E-state index is 0.269. The Hall–Kier alpha value is -3.23. The SMILES string of the molecule is CN1CCN(CCOc2cc(=O)n(-c3ccc(OCF)cc3)cc2-c2ccc(F)cc2)CC1. The normalized spacial score (nSPS) is 14.9. The van der Waals surface area contributed by atoms with E-state index in [0.29, 0.717) is 29.4 Å². The molecular formula is C25H27F2N3O3. The first-order valence-corrected chi connectivity index (χ1v) is 10.9. The predicted molar refractivity (Wildman–Crippen MR) is 123 cm³/mol. The number of hydrogen-bond acceptors (Lipinski definition) is 5. The summed E-state index contributed by atoms with van der Waals surface area (Å²) in [5, 5.41) is 0. The Balaban J connectivity index is 1.60. The number of likely N-dealkylation sites (N-methyl/N-ethyl adjacent to an activating group) is 1. The van der Waals surface area contributed by atoms with E-state index < -0.39 is 6.86 Å². The van der Waals surface area contributed by atoms with Gasteiger partial charge in [-0.1, -0.05) is 12.1 Å². The number of benzene rings is 2. The lowest BCUT2D eigenvalue weighted by atomic mass is 10.1. The van der Waals surface area contributed by atoms with E-state index in [2.05, 4.69) is 16.8 Å². The molecule has 4 rings (SSSR count). The number of ether oxygens (including phenoxy) is 2. The molecule has 2 aromatic carbocycles. The van der Waals surface area contributed by atoms with Crippen molar-refractivity contribution in [2.45, 2.75) is 0 Å². The topological polar surface area (TPSA) is 46.9 Å². The highest BCUT2D eigenvalue weighted by Gasteiger charge is 2.15. The highest BCUT2D eigenvalue weighted by Crippen LogP contribution is 2.30. The maximum absolute atomic E-state index is 13.5. The number of halogens is 2. The van der Waals surface area contributed by atoms with Gasteiger partial charge in [-0.2, -0.15) is 0 Å². The van der Waals surface area contributed by atoms with Crippen LogP contribution in [0.1, 0.15) is 0 Å². The molecule has 0 atom stereocenters. The summed E-state index contributed by atoms with van der Waals surface area (Å²) in [5.41, 5.74) is 1.74. The summed E-state index contributed by atoms with van der Waals surface area (Å²) in [7, 11) is 2.11. The summed E-state index contributed by atoms with van der Waals surface area (Å²) in [4.78, 5) is 17.5. The van der Waals surface area contributed by atoms with Crippen LogP contribution in [-0.2, 0) is 0 Å². The maximum Gasteiger partial charge on any atom is 0.258 e. The highest BCUT2D eigenvalue weighted by molar-refractivity contribution is 5.70. The van der Waals surface area contributed by atoms with E-state index in [-0.39, 0.29) is 11.4 Å². The third-order valence-corrected chi connectivity index (χ3v) is 5.77. The molecule has 0 saturated carbocycles. The number of alkyl halides is 1. The van der Waals surface area contributed by atoms with Crippen LogP contribution in [0.25, 0.3) is 16.8 Å². The van der Waals surface area contributed by atoms with Gasteiger partial charge in [0.25, 0.3) is 5.56 Å². The molecule has 0 unspecified atom stereocenters. The lowest BCUT2D eigenvalue weighted by Gasteiger charge is -2.32. The fourth-order valence-corrected chi connectivity index (χ4v) is 3.81. The summed E-state index contributed by atoms with van der Waals surface area (Å²) in [6.07, 6.45) is 1.69. The standard InChI is InChI=1S/C25H27F2N3O3/c1-28-10-12-29(13-11-28)14-15-32-24-16-25(31)30(21-6-8-22(9-7-21)33-18-26)17-23(24)19-2-4-20(27)5-3-19/h2-9,16-17H,10-15,18H2,1H3. The van der Waals surface area contributed by atoms with Crippen molar-refractivity contribution in [3.63, 3.8) is 0 Å². The smallest absolute Gasteiger partial charge is 0.258 e. The van der Waals surface area contributed by atoms with Crippen LogP contribution < -0.4 is 15.0 Å². The number of hydrogen-bond donors (Lipinski definition) is 0. The fourth-order valence-electron chi connectivity index (χ4n) is 3.81. The van der Waals surface area contributed by atoms with Crippen molar-refractivity contribution in [1.82, 2.24) is 14.4 Å². The minimum Gasteiger partial charge on any atom is -0.491 e. The number of rotatable bonds is 8. The average Bonchev–Trinajstić information content (AvgIpc) is 2.82. The molecule has 0 radical (unpaired) electrons. The molecule has 1 fully saturated rings. The molecule has 6 nitrogen and oxygen atoms in total. The van der Waals surface area contributed by atoms with E-state index in [1.807, 2.05) is 0 Å². The zero-order valence-corrected chi connectivity index (χ0v) is 18.5. The largest absolute Gasteiger partial charge is 0.491 e. The molecular weight excluding hydrogens is 428 g/mol. The van der Waals surface area contributed by atoms with Crippen molar-refractivity contribution >= 4 is 0 Å². The Kier molecular flexibility index (Phi) is 7.36. The van der Waals surface area contributed by atoms with Crippen LogP contribution in [0, 0.1) is 5.82 Å². The van der Waals surface area contributed by atoms with Crippen molar-refractivity contribution in [1.29, 1.82) is 0 Å². The Bertz CT molecular complexity index is 1110. The fraction of sp³-hybridized carbons (Fsp3) is 0.320. The molecule has 0 aliphatic carbocycles. The number of piperazine rings is 1. The molecule has 1 aromatic heterocycles. The van der Waals surface area contributed by atoms with E-state index in [9.17, 15) is 13.6 Å². The molecule has 0 bridgehead atoms. The third kappa shape index (κ3) is 5.77. The van der Waals surface area contributed by atoms with Crippen molar-refractivity contribution in [3.05, 3.63) is 77.0 Å². The summed E-state index contributed by atoms with van der Waals surface area (Å²) in [6, 6.07) is 14.1. The van der Waals surface area contributed by atoms with Gasteiger partial charge < -0.3 is 14.4 Å². The van der Waals surface area contributed by atoms with Gasteiger partial charge >= 0.3 is 0 Å². The van der Waals surface area contributed by atoms with E-state index >= 15 is 0 Å². The number of pyridine rings is 1. The third-order valence-electron chi connectivity index (χ3n) is 5.77. The molecule has 1 aliphatic rings. The highest BCUT2D eigenvalue weighted by atomic mass is 19.1. The molecule has 0 spiro atoms. The van der Waals surface area contributed by atoms with Crippen LogP contribution in [0.3, 0.4) is 0 Å². The second-order valence-electron chi connectivity index (χ2n) is 8.01. The number of nitrogens with zero attached hydrogens (tertiary/aromatic N) is 3. The molecule has 8 heteroatoms. The van der Waals surface area contributed by atoms with Crippen LogP contribution in [0.5, 0.6) is 11.5 Å². The van der Waals surface area contributed by atoms with Gasteiger partial charge in [-0.25, -0.2) is 8.78 Å². The second-order valence-corrected chi connectivity index (χ2v) is 8.01. The molecule has 0 amide bonds. The van der Waals surface area contributed by atoms with Crippen LogP contribution in [0.2, 0.25) is 0 Å². The van der Waals surface area contributed by atoms with E-state index in [0.717, 1.165) is 38.3 Å². The molecule has 2 heterocycles. The summed E-state index contributed by atoms with van der Waals surface area (Å²) in [5.74, 6) is 0.486. The van der Waals surface area contributed by atoms with Gasteiger partial charge in [0.05, 0.1) is 0 Å². The van der Waals surface area contributed by atoms with E-state index in [1.54, 1.807) is 42.6 Å². The van der Waals surface area contributed by atoms with Gasteiger partial charge in [0.15, 0.2) is 0 Å². The predicted octanol–water partition coefficient (Wildman–Crippen LogP) is 3.58. The molecule has 3 aromatic rings. The summed E-state index contributed by atoms with van der Waals surface area (Å²) < 4.78 is 38.3. The Morgan fingerprint density at radius 2 is 1.64 bits per heavy atom. The molecule has 1 aliphatic heterocycles. The minimum atomic E-state index is -0.922. The van der Waals surface area contributed by atoms with Gasteiger partial charge in [0.2, 0.25) is 6.86 Å². The first-order chi connectivity index (χ1) is 16.0. The van der Waals surface area contributed by atoms with Gasteiger partial charge in [0.1, 0.15) is 23.9 Å². The van der Waals surface area contributed by atoms with Gasteiger partial charge in [0, 0.05) is 56.2 Å². The van der Waals surface area contributed by atoms with Crippen molar-refractivity contribution in [3.8, 4) is 28.3 Å². The van der Waals surface area contributed by atoms with Crippen molar-refractivity contribution < 1.29 is 18.3 Å². The van der Waals surface area contributed by atoms with Crippen LogP contribution >= 0.6 is 0 Å².